The number of carbonyl (C=O) groups is 1. The molecular formula is C12H15BrClNO. The van der Waals surface area contributed by atoms with Crippen LogP contribution in [0.5, 0.6) is 0 Å². The van der Waals surface area contributed by atoms with Crippen LogP contribution in [-0.2, 0) is 11.2 Å². The fourth-order valence-corrected chi connectivity index (χ4v) is 2.17. The Morgan fingerprint density at radius 2 is 2.25 bits per heavy atom. The lowest BCUT2D eigenvalue weighted by molar-refractivity contribution is -0.118. The number of halogens is 2. The molecule has 0 saturated carbocycles. The van der Waals surface area contributed by atoms with Crippen LogP contribution >= 0.6 is 27.5 Å². The maximum absolute atomic E-state index is 11.6. The molecule has 0 atom stereocenters. The van der Waals surface area contributed by atoms with Crippen molar-refractivity contribution in [3.8, 4) is 0 Å². The van der Waals surface area contributed by atoms with Crippen molar-refractivity contribution in [2.24, 2.45) is 0 Å². The summed E-state index contributed by atoms with van der Waals surface area (Å²) in [5, 5.41) is 3.67. The molecule has 1 rings (SSSR count). The first-order chi connectivity index (χ1) is 7.63. The second kappa shape index (κ2) is 7.05. The van der Waals surface area contributed by atoms with Gasteiger partial charge in [-0.3, -0.25) is 4.79 Å². The zero-order chi connectivity index (χ0) is 12.0. The summed E-state index contributed by atoms with van der Waals surface area (Å²) in [6.45, 7) is 0.875. The minimum Gasteiger partial charge on any atom is -0.320 e. The van der Waals surface area contributed by atoms with Crippen molar-refractivity contribution in [1.29, 1.82) is 0 Å². The predicted octanol–water partition coefficient (Wildman–Crippen LogP) is 3.21. The normalized spacial score (nSPS) is 10.4. The molecular weight excluding hydrogens is 289 g/mol. The fraction of sp³-hybridized carbons (Fsp3) is 0.417. The van der Waals surface area contributed by atoms with Gasteiger partial charge in [-0.2, -0.15) is 0 Å². The highest BCUT2D eigenvalue weighted by Crippen LogP contribution is 2.22. The molecule has 4 heteroatoms. The Morgan fingerprint density at radius 3 is 2.88 bits per heavy atom. The Kier molecular flexibility index (Phi) is 6.03. The number of rotatable bonds is 6. The lowest BCUT2D eigenvalue weighted by atomic mass is 10.1. The van der Waals surface area contributed by atoms with Crippen molar-refractivity contribution in [3.63, 3.8) is 0 Å². The van der Waals surface area contributed by atoms with Crippen molar-refractivity contribution in [2.75, 3.05) is 13.6 Å². The van der Waals surface area contributed by atoms with Crippen LogP contribution in [0.1, 0.15) is 18.4 Å². The second-order valence-electron chi connectivity index (χ2n) is 3.66. The number of benzene rings is 1. The van der Waals surface area contributed by atoms with Crippen LogP contribution in [0.4, 0.5) is 0 Å². The maximum atomic E-state index is 11.6. The third kappa shape index (κ3) is 4.64. The van der Waals surface area contributed by atoms with Gasteiger partial charge >= 0.3 is 0 Å². The first-order valence-electron chi connectivity index (χ1n) is 5.23. The molecule has 0 saturated heterocycles. The van der Waals surface area contributed by atoms with Gasteiger partial charge in [0.1, 0.15) is 5.78 Å². The van der Waals surface area contributed by atoms with Gasteiger partial charge in [-0.15, -0.1) is 0 Å². The average Bonchev–Trinajstić information content (AvgIpc) is 2.23. The summed E-state index contributed by atoms with van der Waals surface area (Å²) >= 11 is 9.38. The lowest BCUT2D eigenvalue weighted by Gasteiger charge is -2.04. The Morgan fingerprint density at radius 1 is 1.50 bits per heavy atom. The Hall–Kier alpha value is -0.380. The van der Waals surface area contributed by atoms with Gasteiger partial charge in [-0.05, 0) is 37.7 Å². The molecule has 0 bridgehead atoms. The quantitative estimate of drug-likeness (QED) is 0.818. The van der Waals surface area contributed by atoms with Gasteiger partial charge < -0.3 is 5.32 Å². The van der Waals surface area contributed by atoms with Crippen LogP contribution < -0.4 is 5.32 Å². The van der Waals surface area contributed by atoms with E-state index >= 15 is 0 Å². The molecule has 16 heavy (non-hydrogen) atoms. The van der Waals surface area contributed by atoms with E-state index in [0.29, 0.717) is 17.9 Å². The molecule has 1 N–H and O–H groups in total. The molecule has 0 unspecified atom stereocenters. The van der Waals surface area contributed by atoms with Crippen molar-refractivity contribution < 1.29 is 4.79 Å². The number of nitrogens with one attached hydrogen (secondary N) is 1. The van der Waals surface area contributed by atoms with Gasteiger partial charge in [0.05, 0.1) is 0 Å². The molecule has 88 valence electrons. The topological polar surface area (TPSA) is 29.1 Å². The number of Topliss-reactive ketones (excluding diaryl/α,β-unsaturated/α-hetero) is 1. The van der Waals surface area contributed by atoms with Gasteiger partial charge in [-0.1, -0.05) is 33.6 Å². The van der Waals surface area contributed by atoms with Crippen LogP contribution in [0.15, 0.2) is 22.7 Å². The highest BCUT2D eigenvalue weighted by Gasteiger charge is 2.07. The van der Waals surface area contributed by atoms with Gasteiger partial charge in [0.25, 0.3) is 0 Å². The van der Waals surface area contributed by atoms with Gasteiger partial charge in [0.2, 0.25) is 0 Å². The van der Waals surface area contributed by atoms with Crippen LogP contribution in [0.25, 0.3) is 0 Å². The van der Waals surface area contributed by atoms with E-state index in [1.165, 1.54) is 0 Å². The molecule has 0 fully saturated rings. The third-order valence-corrected chi connectivity index (χ3v) is 3.13. The minimum atomic E-state index is 0.236. The summed E-state index contributed by atoms with van der Waals surface area (Å²) in [6.07, 6.45) is 1.91. The van der Waals surface area contributed by atoms with E-state index in [-0.39, 0.29) is 5.78 Å². The summed E-state index contributed by atoms with van der Waals surface area (Å²) in [7, 11) is 1.88. The zero-order valence-corrected chi connectivity index (χ0v) is 11.6. The monoisotopic (exact) mass is 303 g/mol. The SMILES string of the molecule is CNCCCC(=O)Cc1ccc(Br)cc1Cl. The first kappa shape index (κ1) is 13.7. The average molecular weight is 305 g/mol. The second-order valence-corrected chi connectivity index (χ2v) is 4.98. The third-order valence-electron chi connectivity index (χ3n) is 2.29. The zero-order valence-electron chi connectivity index (χ0n) is 9.22. The number of hydrogen-bond acceptors (Lipinski definition) is 2. The summed E-state index contributed by atoms with van der Waals surface area (Å²) in [5.74, 6) is 0.236. The van der Waals surface area contributed by atoms with E-state index in [2.05, 4.69) is 21.2 Å². The molecule has 2 nitrogen and oxygen atoms in total. The molecule has 0 aliphatic heterocycles. The van der Waals surface area contributed by atoms with Gasteiger partial charge in [0.15, 0.2) is 0 Å². The standard InChI is InChI=1S/C12H15BrClNO/c1-15-6-2-3-11(16)7-9-4-5-10(13)8-12(9)14/h4-5,8,15H,2-3,6-7H2,1H3. The summed E-state index contributed by atoms with van der Waals surface area (Å²) < 4.78 is 0.934. The van der Waals surface area contributed by atoms with Gasteiger partial charge in [0, 0.05) is 22.3 Å². The Labute approximate surface area is 110 Å². The fourth-order valence-electron chi connectivity index (χ4n) is 1.43. The van der Waals surface area contributed by atoms with Crippen molar-refractivity contribution >= 4 is 33.3 Å². The first-order valence-corrected chi connectivity index (χ1v) is 6.41. The lowest BCUT2D eigenvalue weighted by Crippen LogP contribution is -2.11. The molecule has 0 aromatic heterocycles. The van der Waals surface area contributed by atoms with E-state index in [0.717, 1.165) is 23.0 Å². The van der Waals surface area contributed by atoms with Crippen LogP contribution in [-0.4, -0.2) is 19.4 Å². The van der Waals surface area contributed by atoms with E-state index in [1.807, 2.05) is 25.2 Å². The minimum absolute atomic E-state index is 0.236. The summed E-state index contributed by atoms with van der Waals surface area (Å²) in [5.41, 5.74) is 0.902. The van der Waals surface area contributed by atoms with E-state index < -0.39 is 0 Å². The Balaban J connectivity index is 2.49. The van der Waals surface area contributed by atoms with Crippen molar-refractivity contribution in [2.45, 2.75) is 19.3 Å². The molecule has 0 aliphatic carbocycles. The van der Waals surface area contributed by atoms with E-state index in [1.54, 1.807) is 0 Å². The van der Waals surface area contributed by atoms with Crippen molar-refractivity contribution in [1.82, 2.24) is 5.32 Å². The van der Waals surface area contributed by atoms with E-state index in [9.17, 15) is 4.79 Å². The summed E-state index contributed by atoms with van der Waals surface area (Å²) in [6, 6.07) is 5.61. The molecule has 0 heterocycles. The highest BCUT2D eigenvalue weighted by atomic mass is 79.9. The van der Waals surface area contributed by atoms with Crippen LogP contribution in [0.3, 0.4) is 0 Å². The Bertz CT molecular complexity index is 368. The molecule has 0 amide bonds. The van der Waals surface area contributed by atoms with E-state index in [4.69, 9.17) is 11.6 Å². The predicted molar refractivity (Wildman–Crippen MR) is 71.0 cm³/mol. The number of hydrogen-bond donors (Lipinski definition) is 1. The number of carbonyl (C=O) groups excluding carboxylic acids is 1. The molecule has 1 aromatic rings. The molecule has 0 spiro atoms. The molecule has 1 aromatic carbocycles. The number of ketones is 1. The van der Waals surface area contributed by atoms with Crippen LogP contribution in [0, 0.1) is 0 Å². The largest absolute Gasteiger partial charge is 0.320 e. The van der Waals surface area contributed by atoms with Crippen LogP contribution in [0.2, 0.25) is 5.02 Å². The molecule has 0 aliphatic rings. The molecule has 0 radical (unpaired) electrons. The smallest absolute Gasteiger partial charge is 0.137 e. The summed E-state index contributed by atoms with van der Waals surface area (Å²) in [4.78, 5) is 11.6. The van der Waals surface area contributed by atoms with Crippen molar-refractivity contribution in [3.05, 3.63) is 33.3 Å². The van der Waals surface area contributed by atoms with Gasteiger partial charge in [-0.25, -0.2) is 0 Å². The maximum Gasteiger partial charge on any atom is 0.137 e. The highest BCUT2D eigenvalue weighted by molar-refractivity contribution is 9.10.